The lowest BCUT2D eigenvalue weighted by Gasteiger charge is -2.19. The van der Waals surface area contributed by atoms with Crippen LogP contribution in [0.3, 0.4) is 0 Å². The van der Waals surface area contributed by atoms with E-state index in [2.05, 4.69) is 50.9 Å². The average molecular weight is 138 g/mol. The minimum absolute atomic E-state index is 0.376. The van der Waals surface area contributed by atoms with Gasteiger partial charge < -0.3 is 0 Å². The highest BCUT2D eigenvalue weighted by Gasteiger charge is 2.26. The van der Waals surface area contributed by atoms with Gasteiger partial charge in [0.1, 0.15) is 7.05 Å². The summed E-state index contributed by atoms with van der Waals surface area (Å²) in [6, 6.07) is 0. The third-order valence-corrected chi connectivity index (χ3v) is 1.92. The van der Waals surface area contributed by atoms with Crippen LogP contribution in [0.5, 0.6) is 0 Å². The molecule has 0 aromatic carbocycles. The summed E-state index contributed by atoms with van der Waals surface area (Å²) in [4.78, 5) is 0. The Hall–Kier alpha value is -0.590. The molecule has 1 heteroatoms. The van der Waals surface area contributed by atoms with Gasteiger partial charge in [0.2, 0.25) is 0 Å². The maximum Gasteiger partial charge on any atom is 0.165 e. The van der Waals surface area contributed by atoms with E-state index in [1.54, 1.807) is 0 Å². The Morgan fingerprint density at radius 3 is 2.10 bits per heavy atom. The molecule has 0 aliphatic carbocycles. The van der Waals surface area contributed by atoms with Gasteiger partial charge in [0.15, 0.2) is 12.4 Å². The van der Waals surface area contributed by atoms with Crippen LogP contribution in [0.25, 0.3) is 0 Å². The second-order valence-electron chi connectivity index (χ2n) is 4.05. The van der Waals surface area contributed by atoms with Crippen LogP contribution in [-0.2, 0) is 0 Å². The molecule has 10 heavy (non-hydrogen) atoms. The van der Waals surface area contributed by atoms with Gasteiger partial charge in [-0.3, -0.25) is 0 Å². The third-order valence-electron chi connectivity index (χ3n) is 1.92. The summed E-state index contributed by atoms with van der Waals surface area (Å²) in [5.41, 5.74) is 0.376. The molecule has 0 bridgehead atoms. The van der Waals surface area contributed by atoms with Crippen molar-refractivity contribution in [3.05, 3.63) is 12.3 Å². The van der Waals surface area contributed by atoms with Gasteiger partial charge in [0, 0.05) is 0 Å². The van der Waals surface area contributed by atoms with E-state index >= 15 is 0 Å². The molecular weight excluding hydrogens is 122 g/mol. The Labute approximate surface area is 63.1 Å². The molecule has 0 aromatic rings. The number of allylic oxidation sites excluding steroid dienone is 1. The quantitative estimate of drug-likeness (QED) is 0.450. The van der Waals surface area contributed by atoms with Crippen molar-refractivity contribution < 1.29 is 4.58 Å². The van der Waals surface area contributed by atoms with Gasteiger partial charge in [-0.15, -0.1) is 0 Å². The van der Waals surface area contributed by atoms with Crippen LogP contribution in [0, 0.1) is 11.3 Å². The fourth-order valence-corrected chi connectivity index (χ4v) is 1.09. The average Bonchev–Trinajstić information content (AvgIpc) is 2.11. The smallest absolute Gasteiger partial charge is 0.165 e. The van der Waals surface area contributed by atoms with Crippen LogP contribution in [0.2, 0.25) is 0 Å². The van der Waals surface area contributed by atoms with Crippen molar-refractivity contribution >= 4 is 6.21 Å². The third kappa shape index (κ3) is 1.47. The van der Waals surface area contributed by atoms with Crippen LogP contribution in [-0.4, -0.2) is 17.8 Å². The predicted octanol–water partition coefficient (Wildman–Crippen LogP) is 1.89. The minimum atomic E-state index is 0.376. The Morgan fingerprint density at radius 2 is 1.90 bits per heavy atom. The zero-order chi connectivity index (χ0) is 7.78. The molecule has 0 saturated heterocycles. The van der Waals surface area contributed by atoms with E-state index in [1.165, 1.54) is 0 Å². The predicted molar refractivity (Wildman–Crippen MR) is 44.3 cm³/mol. The molecule has 1 heterocycles. The summed E-state index contributed by atoms with van der Waals surface area (Å²) in [6.07, 6.45) is 6.62. The fraction of sp³-hybridized carbons (Fsp3) is 0.667. The van der Waals surface area contributed by atoms with E-state index in [1.807, 2.05) is 0 Å². The normalized spacial score (nSPS) is 25.2. The van der Waals surface area contributed by atoms with E-state index in [0.717, 1.165) is 0 Å². The summed E-state index contributed by atoms with van der Waals surface area (Å²) in [5, 5.41) is 0. The van der Waals surface area contributed by atoms with E-state index in [0.29, 0.717) is 11.3 Å². The van der Waals surface area contributed by atoms with Crippen molar-refractivity contribution in [2.24, 2.45) is 11.3 Å². The largest absolute Gasteiger partial charge is 0.211 e. The first-order valence-electron chi connectivity index (χ1n) is 3.75. The van der Waals surface area contributed by atoms with Crippen molar-refractivity contribution in [1.82, 2.24) is 0 Å². The summed E-state index contributed by atoms with van der Waals surface area (Å²) < 4.78 is 2.12. The molecule has 1 rings (SSSR count). The summed E-state index contributed by atoms with van der Waals surface area (Å²) in [7, 11) is 2.07. The van der Waals surface area contributed by atoms with Gasteiger partial charge >= 0.3 is 0 Å². The van der Waals surface area contributed by atoms with E-state index in [4.69, 9.17) is 0 Å². The minimum Gasteiger partial charge on any atom is -0.211 e. The van der Waals surface area contributed by atoms with Gasteiger partial charge in [0.25, 0.3) is 0 Å². The van der Waals surface area contributed by atoms with Crippen LogP contribution >= 0.6 is 0 Å². The lowest BCUT2D eigenvalue weighted by molar-refractivity contribution is -0.414. The van der Waals surface area contributed by atoms with Gasteiger partial charge in [-0.1, -0.05) is 20.8 Å². The summed E-state index contributed by atoms with van der Waals surface area (Å²) in [5.74, 6) is 0.609. The van der Waals surface area contributed by atoms with Crippen molar-refractivity contribution in [1.29, 1.82) is 0 Å². The number of hydrogen-bond donors (Lipinski definition) is 0. The monoisotopic (exact) mass is 138 g/mol. The second-order valence-corrected chi connectivity index (χ2v) is 4.05. The molecule has 1 aliphatic rings. The highest BCUT2D eigenvalue weighted by molar-refractivity contribution is 5.61. The van der Waals surface area contributed by atoms with E-state index in [9.17, 15) is 0 Å². The van der Waals surface area contributed by atoms with Gasteiger partial charge in [-0.05, 0) is 11.5 Å². The molecule has 0 amide bonds. The molecular formula is C9H16N+. The first-order chi connectivity index (χ1) is 4.50. The van der Waals surface area contributed by atoms with Gasteiger partial charge in [0.05, 0.1) is 5.92 Å². The molecule has 56 valence electrons. The first kappa shape index (κ1) is 7.52. The molecule has 0 radical (unpaired) electrons. The Balaban J connectivity index is 2.72. The lowest BCUT2D eigenvalue weighted by Crippen LogP contribution is -2.19. The first-order valence-corrected chi connectivity index (χ1v) is 3.75. The van der Waals surface area contributed by atoms with E-state index < -0.39 is 0 Å². The molecule has 1 aliphatic heterocycles. The molecule has 0 spiro atoms. The van der Waals surface area contributed by atoms with Crippen LogP contribution in [0.1, 0.15) is 20.8 Å². The molecule has 1 atom stereocenters. The molecule has 0 N–H and O–H groups in total. The van der Waals surface area contributed by atoms with Crippen LogP contribution in [0.15, 0.2) is 12.3 Å². The number of hydrogen-bond acceptors (Lipinski definition) is 0. The molecule has 0 saturated carbocycles. The highest BCUT2D eigenvalue weighted by atomic mass is 14.9. The zero-order valence-electron chi connectivity index (χ0n) is 7.26. The van der Waals surface area contributed by atoms with E-state index in [-0.39, 0.29) is 0 Å². The zero-order valence-corrected chi connectivity index (χ0v) is 7.26. The molecule has 1 nitrogen and oxygen atoms in total. The number of nitrogens with zero attached hydrogens (tertiary/aromatic N) is 1. The Kier molecular flexibility index (Phi) is 1.67. The van der Waals surface area contributed by atoms with Crippen LogP contribution < -0.4 is 0 Å². The van der Waals surface area contributed by atoms with Crippen LogP contribution in [0.4, 0.5) is 0 Å². The number of rotatable bonds is 0. The molecule has 0 fully saturated rings. The summed E-state index contributed by atoms with van der Waals surface area (Å²) >= 11 is 0. The topological polar surface area (TPSA) is 3.01 Å². The molecule has 0 aromatic heterocycles. The molecule has 1 unspecified atom stereocenters. The Morgan fingerprint density at radius 1 is 1.30 bits per heavy atom. The van der Waals surface area contributed by atoms with Crippen molar-refractivity contribution in [3.63, 3.8) is 0 Å². The van der Waals surface area contributed by atoms with Gasteiger partial charge in [-0.25, -0.2) is 4.58 Å². The standard InChI is InChI=1S/C9H16N/c1-9(2,3)8-5-6-10(4)7-8/h5-8H,1-4H3/q+1. The van der Waals surface area contributed by atoms with Crippen molar-refractivity contribution in [2.75, 3.05) is 7.05 Å². The fourth-order valence-electron chi connectivity index (χ4n) is 1.09. The SMILES string of the molecule is C[N+]1=CC(C(C)(C)C)C=C1. The van der Waals surface area contributed by atoms with Gasteiger partial charge in [-0.2, -0.15) is 0 Å². The Bertz CT molecular complexity index is 181. The lowest BCUT2D eigenvalue weighted by atomic mass is 9.82. The van der Waals surface area contributed by atoms with Crippen molar-refractivity contribution in [3.8, 4) is 0 Å². The maximum atomic E-state index is 2.26. The second kappa shape index (κ2) is 2.22. The summed E-state index contributed by atoms with van der Waals surface area (Å²) in [6.45, 7) is 6.78. The maximum absolute atomic E-state index is 2.26. The van der Waals surface area contributed by atoms with Crippen molar-refractivity contribution in [2.45, 2.75) is 20.8 Å². The highest BCUT2D eigenvalue weighted by Crippen LogP contribution is 2.26.